The summed E-state index contributed by atoms with van der Waals surface area (Å²) in [6, 6.07) is 20.5. The molecule has 0 aliphatic heterocycles. The summed E-state index contributed by atoms with van der Waals surface area (Å²) >= 11 is 7.34. The molecule has 1 amide bonds. The highest BCUT2D eigenvalue weighted by Crippen LogP contribution is 2.28. The van der Waals surface area contributed by atoms with Crippen LogP contribution in [-0.2, 0) is 11.3 Å². The number of carbonyl (C=O) groups is 1. The van der Waals surface area contributed by atoms with E-state index in [1.165, 1.54) is 25.1 Å². The first kappa shape index (κ1) is 22.7. The second-order valence-electron chi connectivity index (χ2n) is 7.08. The zero-order valence-corrected chi connectivity index (χ0v) is 19.3. The van der Waals surface area contributed by atoms with E-state index in [4.69, 9.17) is 21.3 Å². The Morgan fingerprint density at radius 1 is 1.18 bits per heavy atom. The molecule has 4 aromatic rings. The van der Waals surface area contributed by atoms with Gasteiger partial charge in [0.05, 0.1) is 36.7 Å². The first-order valence-corrected chi connectivity index (χ1v) is 11.4. The highest BCUT2D eigenvalue weighted by molar-refractivity contribution is 7.99. The number of methoxy groups -OCH3 is 1. The van der Waals surface area contributed by atoms with E-state index in [1.54, 1.807) is 18.2 Å². The van der Waals surface area contributed by atoms with E-state index in [2.05, 4.69) is 15.1 Å². The second-order valence-corrected chi connectivity index (χ2v) is 8.45. The van der Waals surface area contributed by atoms with Crippen LogP contribution in [0.4, 0.5) is 0 Å². The van der Waals surface area contributed by atoms with Crippen LogP contribution in [0, 0.1) is 0 Å². The van der Waals surface area contributed by atoms with Crippen molar-refractivity contribution in [1.29, 1.82) is 0 Å². The minimum atomic E-state index is -0.288. The first-order chi connectivity index (χ1) is 16.0. The number of hydrazone groups is 1. The van der Waals surface area contributed by atoms with Gasteiger partial charge in [0.1, 0.15) is 0 Å². The number of aromatic hydroxyl groups is 1. The molecule has 0 unspecified atom stereocenters. The van der Waals surface area contributed by atoms with E-state index in [0.717, 1.165) is 21.8 Å². The zero-order chi connectivity index (χ0) is 23.2. The SMILES string of the molecule is COc1cccc(C=NNC(=O)CSc2nc3ccccc3n2Cc2ccc(Cl)cc2)c1O. The van der Waals surface area contributed by atoms with Crippen molar-refractivity contribution in [3.63, 3.8) is 0 Å². The summed E-state index contributed by atoms with van der Waals surface area (Å²) in [5.74, 6) is 0.137. The molecular weight excluding hydrogens is 460 g/mol. The van der Waals surface area contributed by atoms with Crippen molar-refractivity contribution in [2.24, 2.45) is 5.10 Å². The van der Waals surface area contributed by atoms with Gasteiger partial charge in [0.25, 0.3) is 5.91 Å². The number of phenolic OH excluding ortho intramolecular Hbond substituents is 1. The van der Waals surface area contributed by atoms with E-state index in [1.807, 2.05) is 48.5 Å². The fourth-order valence-corrected chi connectivity index (χ4v) is 4.17. The van der Waals surface area contributed by atoms with E-state index in [9.17, 15) is 9.90 Å². The number of carbonyl (C=O) groups excluding carboxylic acids is 1. The van der Waals surface area contributed by atoms with Gasteiger partial charge < -0.3 is 14.4 Å². The average molecular weight is 481 g/mol. The van der Waals surface area contributed by atoms with E-state index < -0.39 is 0 Å². The molecule has 0 saturated carbocycles. The highest BCUT2D eigenvalue weighted by Gasteiger charge is 2.13. The molecule has 0 bridgehead atoms. The molecule has 2 N–H and O–H groups in total. The average Bonchev–Trinajstić information content (AvgIpc) is 3.17. The topological polar surface area (TPSA) is 88.7 Å². The number of rotatable bonds is 8. The Hall–Kier alpha value is -3.49. The van der Waals surface area contributed by atoms with Gasteiger partial charge in [-0.3, -0.25) is 4.79 Å². The Morgan fingerprint density at radius 2 is 1.97 bits per heavy atom. The molecule has 0 saturated heterocycles. The van der Waals surface area contributed by atoms with Crippen molar-refractivity contribution < 1.29 is 14.6 Å². The molecule has 0 spiro atoms. The molecule has 0 atom stereocenters. The molecule has 4 rings (SSSR count). The number of ether oxygens (including phenoxy) is 1. The zero-order valence-electron chi connectivity index (χ0n) is 17.7. The number of imidazole rings is 1. The van der Waals surface area contributed by atoms with Crippen LogP contribution in [0.25, 0.3) is 11.0 Å². The fraction of sp³-hybridized carbons (Fsp3) is 0.125. The van der Waals surface area contributed by atoms with Gasteiger partial charge in [-0.2, -0.15) is 5.10 Å². The fourth-order valence-electron chi connectivity index (χ4n) is 3.23. The minimum Gasteiger partial charge on any atom is -0.504 e. The number of nitrogens with zero attached hydrogens (tertiary/aromatic N) is 3. The predicted octanol–water partition coefficient (Wildman–Crippen LogP) is 4.69. The second kappa shape index (κ2) is 10.4. The maximum Gasteiger partial charge on any atom is 0.250 e. The normalized spacial score (nSPS) is 11.2. The van der Waals surface area contributed by atoms with Crippen molar-refractivity contribution in [1.82, 2.24) is 15.0 Å². The van der Waals surface area contributed by atoms with Gasteiger partial charge in [-0.25, -0.2) is 10.4 Å². The van der Waals surface area contributed by atoms with Crippen LogP contribution in [0.15, 0.2) is 77.0 Å². The van der Waals surface area contributed by atoms with Crippen LogP contribution in [0.2, 0.25) is 5.02 Å². The largest absolute Gasteiger partial charge is 0.504 e. The highest BCUT2D eigenvalue weighted by atomic mass is 35.5. The lowest BCUT2D eigenvalue weighted by Gasteiger charge is -2.09. The molecular formula is C24H21ClN4O3S. The summed E-state index contributed by atoms with van der Waals surface area (Å²) in [5, 5.41) is 15.4. The third-order valence-corrected chi connectivity index (χ3v) is 6.08. The van der Waals surface area contributed by atoms with Crippen LogP contribution >= 0.6 is 23.4 Å². The summed E-state index contributed by atoms with van der Waals surface area (Å²) in [7, 11) is 1.47. The van der Waals surface area contributed by atoms with Crippen LogP contribution in [0.1, 0.15) is 11.1 Å². The van der Waals surface area contributed by atoms with Gasteiger partial charge >= 0.3 is 0 Å². The summed E-state index contributed by atoms with van der Waals surface area (Å²) in [5.41, 5.74) is 5.85. The molecule has 9 heteroatoms. The third-order valence-electron chi connectivity index (χ3n) is 4.85. The Labute approximate surface area is 200 Å². The maximum absolute atomic E-state index is 12.4. The number of aromatic nitrogens is 2. The van der Waals surface area contributed by atoms with Gasteiger partial charge in [0.2, 0.25) is 0 Å². The summed E-state index contributed by atoms with van der Waals surface area (Å²) < 4.78 is 7.14. The van der Waals surface area contributed by atoms with Crippen molar-refractivity contribution in [3.05, 3.63) is 82.9 Å². The number of hydrogen-bond donors (Lipinski definition) is 2. The number of hydrogen-bond acceptors (Lipinski definition) is 6. The van der Waals surface area contributed by atoms with E-state index in [-0.39, 0.29) is 17.4 Å². The first-order valence-electron chi connectivity index (χ1n) is 10.1. The lowest BCUT2D eigenvalue weighted by Crippen LogP contribution is -2.20. The molecule has 0 aliphatic carbocycles. The Balaban J connectivity index is 1.44. The molecule has 1 heterocycles. The van der Waals surface area contributed by atoms with Gasteiger partial charge in [0, 0.05) is 10.6 Å². The van der Waals surface area contributed by atoms with Gasteiger partial charge in [-0.05, 0) is 42.0 Å². The number of halogens is 1. The van der Waals surface area contributed by atoms with Crippen LogP contribution in [-0.4, -0.2) is 39.6 Å². The lowest BCUT2D eigenvalue weighted by atomic mass is 10.2. The number of fused-ring (bicyclic) bond motifs is 1. The molecule has 33 heavy (non-hydrogen) atoms. The van der Waals surface area contributed by atoms with Gasteiger partial charge in [0.15, 0.2) is 16.7 Å². The summed E-state index contributed by atoms with van der Waals surface area (Å²) in [4.78, 5) is 17.0. The number of para-hydroxylation sites is 3. The van der Waals surface area contributed by atoms with Crippen molar-refractivity contribution in [3.8, 4) is 11.5 Å². The van der Waals surface area contributed by atoms with Gasteiger partial charge in [-0.15, -0.1) is 0 Å². The van der Waals surface area contributed by atoms with Crippen LogP contribution in [0.5, 0.6) is 11.5 Å². The number of benzene rings is 3. The number of thioether (sulfide) groups is 1. The van der Waals surface area contributed by atoms with Crippen LogP contribution in [0.3, 0.4) is 0 Å². The number of nitrogens with one attached hydrogen (secondary N) is 1. The Kier molecular flexibility index (Phi) is 7.16. The molecule has 168 valence electrons. The smallest absolute Gasteiger partial charge is 0.250 e. The van der Waals surface area contributed by atoms with Crippen molar-refractivity contribution >= 4 is 46.5 Å². The van der Waals surface area contributed by atoms with E-state index in [0.29, 0.717) is 22.9 Å². The molecule has 0 aliphatic rings. The predicted molar refractivity (Wildman–Crippen MR) is 131 cm³/mol. The molecule has 0 radical (unpaired) electrons. The molecule has 7 nitrogen and oxygen atoms in total. The van der Waals surface area contributed by atoms with Gasteiger partial charge in [-0.1, -0.05) is 53.7 Å². The molecule has 3 aromatic carbocycles. The van der Waals surface area contributed by atoms with Crippen LogP contribution < -0.4 is 10.2 Å². The minimum absolute atomic E-state index is 0.0386. The number of amides is 1. The Morgan fingerprint density at radius 3 is 2.76 bits per heavy atom. The van der Waals surface area contributed by atoms with Crippen molar-refractivity contribution in [2.45, 2.75) is 11.7 Å². The molecule has 0 fully saturated rings. The summed E-state index contributed by atoms with van der Waals surface area (Å²) in [6.45, 7) is 0.606. The monoisotopic (exact) mass is 480 g/mol. The quantitative estimate of drug-likeness (QED) is 0.217. The maximum atomic E-state index is 12.4. The Bertz CT molecular complexity index is 1310. The standard InChI is InChI=1S/C24H21ClN4O3S/c1-32-21-8-4-5-17(23(21)31)13-26-28-22(30)15-33-24-27-19-6-2-3-7-20(19)29(24)14-16-9-11-18(25)12-10-16/h2-13,31H,14-15H2,1H3,(H,28,30). The summed E-state index contributed by atoms with van der Waals surface area (Å²) in [6.07, 6.45) is 1.37. The molecule has 1 aromatic heterocycles. The third kappa shape index (κ3) is 5.47. The van der Waals surface area contributed by atoms with E-state index >= 15 is 0 Å². The number of phenols is 1. The van der Waals surface area contributed by atoms with Crippen molar-refractivity contribution in [2.75, 3.05) is 12.9 Å². The lowest BCUT2D eigenvalue weighted by molar-refractivity contribution is -0.118.